The molecule has 0 bridgehead atoms. The van der Waals surface area contributed by atoms with E-state index in [2.05, 4.69) is 41.3 Å². The summed E-state index contributed by atoms with van der Waals surface area (Å²) < 4.78 is 2.17. The van der Waals surface area contributed by atoms with Crippen LogP contribution in [0.1, 0.15) is 12.0 Å². The normalized spacial score (nSPS) is 19.1. The first kappa shape index (κ1) is 8.33. The molecule has 0 saturated carbocycles. The third-order valence-electron chi connectivity index (χ3n) is 2.70. The molecule has 1 N–H and O–H groups in total. The van der Waals surface area contributed by atoms with Gasteiger partial charge in [-0.2, -0.15) is 5.26 Å². The van der Waals surface area contributed by atoms with Crippen LogP contribution in [-0.4, -0.2) is 17.7 Å². The number of rotatable bonds is 2. The Balaban J connectivity index is 2.27. The van der Waals surface area contributed by atoms with Crippen molar-refractivity contribution in [2.24, 2.45) is 0 Å². The van der Waals surface area contributed by atoms with Crippen molar-refractivity contribution in [1.29, 1.82) is 5.26 Å². The largest absolute Gasteiger partial charge is 0.344 e. The summed E-state index contributed by atoms with van der Waals surface area (Å²) in [6.07, 6.45) is 4.76. The van der Waals surface area contributed by atoms with Crippen LogP contribution < -0.4 is 5.32 Å². The van der Waals surface area contributed by atoms with Crippen LogP contribution in [-0.2, 0) is 5.54 Å². The van der Waals surface area contributed by atoms with E-state index >= 15 is 0 Å². The van der Waals surface area contributed by atoms with Gasteiger partial charge in [0, 0.05) is 25.5 Å². The van der Waals surface area contributed by atoms with Crippen molar-refractivity contribution in [3.05, 3.63) is 24.0 Å². The highest BCUT2D eigenvalue weighted by atomic mass is 15.2. The van der Waals surface area contributed by atoms with Gasteiger partial charge in [0.25, 0.3) is 0 Å². The maximum atomic E-state index is 8.74. The highest BCUT2D eigenvalue weighted by molar-refractivity contribution is 5.14. The zero-order valence-corrected chi connectivity index (χ0v) is 7.75. The van der Waals surface area contributed by atoms with Crippen LogP contribution in [0.4, 0.5) is 0 Å². The number of nitriles is 1. The quantitative estimate of drug-likeness (QED) is 0.728. The van der Waals surface area contributed by atoms with Gasteiger partial charge in [-0.25, -0.2) is 0 Å². The first-order valence-corrected chi connectivity index (χ1v) is 4.50. The second-order valence-electron chi connectivity index (χ2n) is 3.76. The molecule has 0 amide bonds. The Morgan fingerprint density at radius 1 is 1.69 bits per heavy atom. The van der Waals surface area contributed by atoms with Crippen LogP contribution in [0.15, 0.2) is 18.5 Å². The van der Waals surface area contributed by atoms with Crippen molar-refractivity contribution in [3.8, 4) is 6.07 Å². The maximum absolute atomic E-state index is 8.74. The molecule has 1 fully saturated rings. The number of hydrogen-bond acceptors (Lipinski definition) is 2. The molecular weight excluding hydrogens is 162 g/mol. The SMILES string of the molecule is Cc1ccn(C2(CC#N)CNC2)c1. The molecule has 2 heterocycles. The average Bonchev–Trinajstić information content (AvgIpc) is 2.44. The molecule has 1 aliphatic rings. The van der Waals surface area contributed by atoms with E-state index in [9.17, 15) is 0 Å². The van der Waals surface area contributed by atoms with Crippen molar-refractivity contribution in [2.75, 3.05) is 13.1 Å². The molecule has 0 unspecified atom stereocenters. The standard InChI is InChI=1S/C10H13N3/c1-9-2-5-13(6-9)10(3-4-11)7-12-8-10/h2,5-6,12H,3,7-8H2,1H3. The number of aryl methyl sites for hydroxylation is 1. The van der Waals surface area contributed by atoms with Gasteiger partial charge in [0.1, 0.15) is 0 Å². The lowest BCUT2D eigenvalue weighted by atomic mass is 9.89. The summed E-state index contributed by atoms with van der Waals surface area (Å²) in [6, 6.07) is 4.34. The Labute approximate surface area is 78.0 Å². The molecular formula is C10H13N3. The molecule has 0 aromatic carbocycles. The Bertz CT molecular complexity index is 341. The molecule has 0 spiro atoms. The van der Waals surface area contributed by atoms with Crippen LogP contribution in [0.5, 0.6) is 0 Å². The van der Waals surface area contributed by atoms with Gasteiger partial charge in [0.15, 0.2) is 0 Å². The van der Waals surface area contributed by atoms with E-state index in [0.29, 0.717) is 6.42 Å². The van der Waals surface area contributed by atoms with Gasteiger partial charge in [-0.05, 0) is 18.6 Å². The summed E-state index contributed by atoms with van der Waals surface area (Å²) in [4.78, 5) is 0. The number of nitrogens with one attached hydrogen (secondary N) is 1. The van der Waals surface area contributed by atoms with E-state index < -0.39 is 0 Å². The van der Waals surface area contributed by atoms with E-state index in [0.717, 1.165) is 13.1 Å². The van der Waals surface area contributed by atoms with E-state index in [1.807, 2.05) is 0 Å². The Morgan fingerprint density at radius 2 is 2.46 bits per heavy atom. The lowest BCUT2D eigenvalue weighted by Crippen LogP contribution is -2.60. The van der Waals surface area contributed by atoms with Crippen LogP contribution >= 0.6 is 0 Å². The van der Waals surface area contributed by atoms with E-state index in [4.69, 9.17) is 5.26 Å². The molecule has 0 atom stereocenters. The molecule has 1 saturated heterocycles. The fraction of sp³-hybridized carbons (Fsp3) is 0.500. The topological polar surface area (TPSA) is 40.8 Å². The zero-order valence-electron chi connectivity index (χ0n) is 7.75. The van der Waals surface area contributed by atoms with Crippen molar-refractivity contribution in [3.63, 3.8) is 0 Å². The van der Waals surface area contributed by atoms with Crippen LogP contribution in [0.2, 0.25) is 0 Å². The van der Waals surface area contributed by atoms with Gasteiger partial charge in [0.05, 0.1) is 18.0 Å². The average molecular weight is 175 g/mol. The number of aromatic nitrogens is 1. The first-order chi connectivity index (χ1) is 6.27. The number of hydrogen-bond donors (Lipinski definition) is 1. The highest BCUT2D eigenvalue weighted by Crippen LogP contribution is 2.26. The predicted octanol–water partition coefficient (Wildman–Crippen LogP) is 1.01. The second-order valence-corrected chi connectivity index (χ2v) is 3.76. The summed E-state index contributed by atoms with van der Waals surface area (Å²) in [5, 5.41) is 12.0. The molecule has 1 aromatic heterocycles. The molecule has 1 aliphatic heterocycles. The molecule has 1 aromatic rings. The second kappa shape index (κ2) is 2.90. The van der Waals surface area contributed by atoms with E-state index in [-0.39, 0.29) is 5.54 Å². The van der Waals surface area contributed by atoms with Crippen LogP contribution in [0.3, 0.4) is 0 Å². The Kier molecular flexibility index (Phi) is 1.86. The lowest BCUT2D eigenvalue weighted by Gasteiger charge is -2.42. The van der Waals surface area contributed by atoms with Gasteiger partial charge < -0.3 is 9.88 Å². The zero-order chi connectivity index (χ0) is 9.31. The minimum atomic E-state index is 0.0308. The van der Waals surface area contributed by atoms with Crippen molar-refractivity contribution >= 4 is 0 Å². The summed E-state index contributed by atoms with van der Waals surface area (Å²) in [7, 11) is 0. The minimum Gasteiger partial charge on any atom is -0.344 e. The molecule has 68 valence electrons. The summed E-state index contributed by atoms with van der Waals surface area (Å²) >= 11 is 0. The van der Waals surface area contributed by atoms with E-state index in [1.54, 1.807) is 0 Å². The number of nitrogens with zero attached hydrogens (tertiary/aromatic N) is 2. The monoisotopic (exact) mass is 175 g/mol. The van der Waals surface area contributed by atoms with Crippen molar-refractivity contribution < 1.29 is 0 Å². The fourth-order valence-electron chi connectivity index (χ4n) is 1.76. The predicted molar refractivity (Wildman–Crippen MR) is 50.2 cm³/mol. The summed E-state index contributed by atoms with van der Waals surface area (Å²) in [6.45, 7) is 3.89. The smallest absolute Gasteiger partial charge is 0.0817 e. The third kappa shape index (κ3) is 1.24. The van der Waals surface area contributed by atoms with Crippen molar-refractivity contribution in [1.82, 2.24) is 9.88 Å². The van der Waals surface area contributed by atoms with Gasteiger partial charge in [-0.3, -0.25) is 0 Å². The maximum Gasteiger partial charge on any atom is 0.0817 e. The highest BCUT2D eigenvalue weighted by Gasteiger charge is 2.37. The van der Waals surface area contributed by atoms with Crippen LogP contribution in [0, 0.1) is 18.3 Å². The Morgan fingerprint density at radius 3 is 2.85 bits per heavy atom. The molecule has 0 radical (unpaired) electrons. The molecule has 13 heavy (non-hydrogen) atoms. The third-order valence-corrected chi connectivity index (χ3v) is 2.70. The van der Waals surface area contributed by atoms with Crippen molar-refractivity contribution in [2.45, 2.75) is 18.9 Å². The molecule has 3 nitrogen and oxygen atoms in total. The van der Waals surface area contributed by atoms with Gasteiger partial charge in [-0.15, -0.1) is 0 Å². The molecule has 3 heteroatoms. The van der Waals surface area contributed by atoms with Gasteiger partial charge >= 0.3 is 0 Å². The van der Waals surface area contributed by atoms with Crippen LogP contribution in [0.25, 0.3) is 0 Å². The van der Waals surface area contributed by atoms with E-state index in [1.165, 1.54) is 5.56 Å². The van der Waals surface area contributed by atoms with Gasteiger partial charge in [-0.1, -0.05) is 0 Å². The lowest BCUT2D eigenvalue weighted by molar-refractivity contribution is 0.180. The van der Waals surface area contributed by atoms with Gasteiger partial charge in [0.2, 0.25) is 0 Å². The fourth-order valence-corrected chi connectivity index (χ4v) is 1.76. The Hall–Kier alpha value is -1.27. The minimum absolute atomic E-state index is 0.0308. The first-order valence-electron chi connectivity index (χ1n) is 4.50. The summed E-state index contributed by atoms with van der Waals surface area (Å²) in [5.74, 6) is 0. The molecule has 0 aliphatic carbocycles. The molecule has 2 rings (SSSR count). The summed E-state index contributed by atoms with van der Waals surface area (Å²) in [5.41, 5.74) is 1.28.